The molecule has 0 saturated carbocycles. The molecule has 2 saturated heterocycles. The largest absolute Gasteiger partial charge is 0.497 e. The van der Waals surface area contributed by atoms with E-state index < -0.39 is 71.1 Å². The molecule has 0 unspecified atom stereocenters. The number of hydrogen-bond donors (Lipinski definition) is 1. The number of carbonyl (C=O) groups is 1. The summed E-state index contributed by atoms with van der Waals surface area (Å²) in [7, 11) is 3.21. The summed E-state index contributed by atoms with van der Waals surface area (Å²) in [6, 6.07) is 51.6. The number of rotatable bonds is 25. The van der Waals surface area contributed by atoms with Gasteiger partial charge in [0.25, 0.3) is 9.70 Å². The predicted octanol–water partition coefficient (Wildman–Crippen LogP) is 10.4. The molecule has 1 N–H and O–H groups in total. The Labute approximate surface area is 452 Å². The summed E-state index contributed by atoms with van der Waals surface area (Å²) in [6.07, 6.45) is -11.1. The van der Waals surface area contributed by atoms with E-state index >= 15 is 4.39 Å². The van der Waals surface area contributed by atoms with Crippen molar-refractivity contribution in [1.29, 1.82) is 0 Å². The van der Waals surface area contributed by atoms with E-state index in [1.54, 1.807) is 14.2 Å². The van der Waals surface area contributed by atoms with Gasteiger partial charge in [0.1, 0.15) is 60.3 Å². The van der Waals surface area contributed by atoms with Crippen molar-refractivity contribution >= 4 is 40.7 Å². The molecule has 0 spiro atoms. The van der Waals surface area contributed by atoms with Crippen LogP contribution in [0.1, 0.15) is 33.4 Å². The molecule has 2 aliphatic rings. The molecule has 0 bridgehead atoms. The monoisotopic (exact) mass is 1090 g/mol. The van der Waals surface area contributed by atoms with Gasteiger partial charge in [-0.1, -0.05) is 180 Å². The zero-order valence-corrected chi connectivity index (χ0v) is 43.8. The predicted molar refractivity (Wildman–Crippen MR) is 281 cm³/mol. The van der Waals surface area contributed by atoms with Gasteiger partial charge < -0.3 is 57.4 Å². The molecular formula is C58H61Cl3FNO12. The average Bonchev–Trinajstić information content (AvgIpc) is 3.43. The van der Waals surface area contributed by atoms with E-state index in [-0.39, 0.29) is 52.9 Å². The maximum atomic E-state index is 16.9. The van der Waals surface area contributed by atoms with Gasteiger partial charge in [0.2, 0.25) is 6.36 Å². The number of benzene rings is 6. The second-order valence-corrected chi connectivity index (χ2v) is 20.2. The molecule has 8 rings (SSSR count). The smallest absolute Gasteiger partial charge is 0.272 e. The van der Waals surface area contributed by atoms with Crippen LogP contribution in [-0.4, -0.2) is 98.6 Å². The Morgan fingerprint density at radius 3 is 1.28 bits per heavy atom. The first-order chi connectivity index (χ1) is 36.5. The minimum atomic E-state index is -2.47. The van der Waals surface area contributed by atoms with Gasteiger partial charge in [-0.15, -0.1) is 0 Å². The first kappa shape index (κ1) is 56.0. The fourth-order valence-corrected chi connectivity index (χ4v) is 8.88. The molecule has 2 aliphatic heterocycles. The normalized spacial score (nSPS) is 23.8. The standard InChI is InChI=1S/C58H61Cl3FNO12/c1-65-45-27-23-43(24-28-45)35-69-50-47(37-67-31-39-15-7-3-8-16-39)74-56(54(72-34-42-21-13-6-14-22-42)53(50)71-36-44-25-29-46(66-2)30-26-44)75-51-48(38-68-32-40-17-9-4-10-18-40)73-55(62)49(63-57(64)58(59,60)61)52(51)70-33-41-19-11-5-12-20-41/h3-30,47-56H,31-38H2,1-2H3,(H,63,64)/t47-,48-,49-,50+,51-,52-,53+,54-,55+,56+/m1/s1. The number of halogens is 4. The number of alkyl halides is 4. The second kappa shape index (κ2) is 28.3. The Morgan fingerprint density at radius 1 is 0.480 bits per heavy atom. The lowest BCUT2D eigenvalue weighted by atomic mass is 9.95. The lowest BCUT2D eigenvalue weighted by Crippen LogP contribution is -2.68. The molecule has 13 nitrogen and oxygen atoms in total. The average molecular weight is 1090 g/mol. The van der Waals surface area contributed by atoms with Crippen LogP contribution in [0.15, 0.2) is 170 Å². The molecule has 0 radical (unpaired) electrons. The number of amides is 1. The summed E-state index contributed by atoms with van der Waals surface area (Å²) in [6.45, 7) is 0.512. The van der Waals surface area contributed by atoms with E-state index in [4.69, 9.17) is 86.9 Å². The van der Waals surface area contributed by atoms with E-state index in [0.717, 1.165) is 33.4 Å². The third kappa shape index (κ3) is 16.4. The molecule has 17 heteroatoms. The molecule has 2 fully saturated rings. The van der Waals surface area contributed by atoms with Gasteiger partial charge in [0.15, 0.2) is 6.29 Å². The molecule has 10 atom stereocenters. The van der Waals surface area contributed by atoms with Crippen LogP contribution >= 0.6 is 34.8 Å². The van der Waals surface area contributed by atoms with Gasteiger partial charge in [-0.3, -0.25) is 4.79 Å². The highest BCUT2D eigenvalue weighted by molar-refractivity contribution is 6.76. The third-order valence-corrected chi connectivity index (χ3v) is 13.1. The fraction of sp³-hybridized carbons (Fsp3) is 0.362. The summed E-state index contributed by atoms with van der Waals surface area (Å²) in [4.78, 5) is 13.5. The lowest BCUT2D eigenvalue weighted by molar-refractivity contribution is -0.360. The van der Waals surface area contributed by atoms with Crippen LogP contribution in [0.2, 0.25) is 0 Å². The number of methoxy groups -OCH3 is 2. The summed E-state index contributed by atoms with van der Waals surface area (Å²) < 4.78 is 86.0. The number of ether oxygens (including phenoxy) is 11. The third-order valence-electron chi connectivity index (χ3n) is 12.6. The van der Waals surface area contributed by atoms with Gasteiger partial charge in [0, 0.05) is 0 Å². The van der Waals surface area contributed by atoms with Gasteiger partial charge in [-0.05, 0) is 57.6 Å². The van der Waals surface area contributed by atoms with Gasteiger partial charge in [-0.25, -0.2) is 4.39 Å². The first-order valence-electron chi connectivity index (χ1n) is 24.6. The Balaban J connectivity index is 1.21. The van der Waals surface area contributed by atoms with Gasteiger partial charge >= 0.3 is 0 Å². The SMILES string of the molecule is COc1ccc(CO[C@H]2[C@@H](OCc3ccc(OC)cc3)[C@@H](COCc3ccccc3)O[C@@H](O[C@H]3[C@H](OCc4ccccc4)[C@@H](NC(=O)C(Cl)(Cl)Cl)[C@@H](F)O[C@@H]3COCc3ccccc3)[C@@H]2OCc2ccccc2)cc1. The van der Waals surface area contributed by atoms with E-state index in [2.05, 4.69) is 5.32 Å². The molecular weight excluding hydrogens is 1030 g/mol. The van der Waals surface area contributed by atoms with E-state index in [1.165, 1.54) is 0 Å². The van der Waals surface area contributed by atoms with Crippen molar-refractivity contribution in [2.75, 3.05) is 27.4 Å². The van der Waals surface area contributed by atoms with Crippen LogP contribution in [-0.2, 0) is 87.1 Å². The van der Waals surface area contributed by atoms with Gasteiger partial charge in [0.05, 0.1) is 67.1 Å². The highest BCUT2D eigenvalue weighted by Gasteiger charge is 2.55. The van der Waals surface area contributed by atoms with Crippen LogP contribution in [0.4, 0.5) is 4.39 Å². The van der Waals surface area contributed by atoms with Crippen molar-refractivity contribution in [2.24, 2.45) is 0 Å². The minimum absolute atomic E-state index is 0.00301. The van der Waals surface area contributed by atoms with Crippen molar-refractivity contribution in [3.63, 3.8) is 0 Å². The van der Waals surface area contributed by atoms with Crippen molar-refractivity contribution in [2.45, 2.75) is 105 Å². The van der Waals surface area contributed by atoms with Crippen molar-refractivity contribution in [3.8, 4) is 11.5 Å². The van der Waals surface area contributed by atoms with E-state index in [0.29, 0.717) is 11.5 Å². The number of hydrogen-bond acceptors (Lipinski definition) is 12. The Bertz CT molecular complexity index is 2590. The highest BCUT2D eigenvalue weighted by atomic mass is 35.6. The second-order valence-electron chi connectivity index (χ2n) is 17.9. The van der Waals surface area contributed by atoms with Crippen molar-refractivity contribution in [3.05, 3.63) is 203 Å². The zero-order chi connectivity index (χ0) is 52.4. The highest BCUT2D eigenvalue weighted by Crippen LogP contribution is 2.37. The molecule has 0 aliphatic carbocycles. The topological polar surface area (TPSA) is 131 Å². The maximum absolute atomic E-state index is 16.9. The van der Waals surface area contributed by atoms with E-state index in [1.807, 2.05) is 170 Å². The number of nitrogens with one attached hydrogen (secondary N) is 1. The van der Waals surface area contributed by atoms with Crippen LogP contribution in [0.25, 0.3) is 0 Å². The zero-order valence-electron chi connectivity index (χ0n) is 41.5. The molecule has 75 heavy (non-hydrogen) atoms. The lowest BCUT2D eigenvalue weighted by Gasteiger charge is -2.49. The summed E-state index contributed by atoms with van der Waals surface area (Å²) >= 11 is 18.3. The Hall–Kier alpha value is -5.17. The summed E-state index contributed by atoms with van der Waals surface area (Å²) in [5.74, 6) is 0.266. The maximum Gasteiger partial charge on any atom is 0.272 e. The Morgan fingerprint density at radius 2 is 0.853 bits per heavy atom. The first-order valence-corrected chi connectivity index (χ1v) is 25.7. The molecule has 6 aromatic rings. The fourth-order valence-electron chi connectivity index (χ4n) is 8.71. The Kier molecular flexibility index (Phi) is 21.1. The molecule has 6 aromatic carbocycles. The quantitative estimate of drug-likeness (QED) is 0.0548. The van der Waals surface area contributed by atoms with Crippen molar-refractivity contribution in [1.82, 2.24) is 5.32 Å². The van der Waals surface area contributed by atoms with Crippen molar-refractivity contribution < 1.29 is 61.3 Å². The van der Waals surface area contributed by atoms with Crippen LogP contribution in [0, 0.1) is 0 Å². The number of carbonyl (C=O) groups excluding carboxylic acids is 1. The minimum Gasteiger partial charge on any atom is -0.497 e. The van der Waals surface area contributed by atoms with E-state index in [9.17, 15) is 4.79 Å². The van der Waals surface area contributed by atoms with Crippen LogP contribution in [0.3, 0.4) is 0 Å². The molecule has 0 aromatic heterocycles. The van der Waals surface area contributed by atoms with Crippen LogP contribution < -0.4 is 14.8 Å². The molecule has 398 valence electrons. The molecule has 1 amide bonds. The molecule has 2 heterocycles. The van der Waals surface area contributed by atoms with Crippen LogP contribution in [0.5, 0.6) is 11.5 Å². The summed E-state index contributed by atoms with van der Waals surface area (Å²) in [5, 5.41) is 2.54. The summed E-state index contributed by atoms with van der Waals surface area (Å²) in [5.41, 5.74) is 5.09. The van der Waals surface area contributed by atoms with Gasteiger partial charge in [-0.2, -0.15) is 0 Å².